The minimum Gasteiger partial charge on any atom is -0.480 e. The molecule has 7 heteroatoms. The molecule has 3 amide bonds. The first-order valence-corrected chi connectivity index (χ1v) is 13.1. The maximum Gasteiger partial charge on any atom is 0.323 e. The summed E-state index contributed by atoms with van der Waals surface area (Å²) in [4.78, 5) is 26.1. The number of ether oxygens (including phenoxy) is 2. The van der Waals surface area contributed by atoms with Gasteiger partial charge in [0.05, 0.1) is 11.7 Å². The number of hydrogen-bond donors (Lipinski definition) is 3. The third-order valence-electron chi connectivity index (χ3n) is 6.48. The molecule has 39 heavy (non-hydrogen) atoms. The Morgan fingerprint density at radius 3 is 2.03 bits per heavy atom. The second-order valence-corrected chi connectivity index (χ2v) is 9.32. The Kier molecular flexibility index (Phi) is 8.51. The van der Waals surface area contributed by atoms with Crippen LogP contribution in [0, 0.1) is 0 Å². The van der Waals surface area contributed by atoms with Crippen LogP contribution >= 0.6 is 0 Å². The van der Waals surface area contributed by atoms with Gasteiger partial charge in [0.1, 0.15) is 11.9 Å². The average molecular weight is 522 g/mol. The molecular formula is C32H31N3O4. The fourth-order valence-electron chi connectivity index (χ4n) is 4.52. The molecule has 0 radical (unpaired) electrons. The Morgan fingerprint density at radius 2 is 1.41 bits per heavy atom. The number of carbonyl (C=O) groups is 2. The number of para-hydroxylation sites is 1. The Hall–Kier alpha value is -4.62. The first-order valence-electron chi connectivity index (χ1n) is 13.1. The molecule has 1 aliphatic rings. The lowest BCUT2D eigenvalue weighted by Crippen LogP contribution is -2.32. The molecule has 1 unspecified atom stereocenters. The summed E-state index contributed by atoms with van der Waals surface area (Å²) in [5, 5.41) is 8.59. The molecule has 0 spiro atoms. The van der Waals surface area contributed by atoms with E-state index in [1.807, 2.05) is 78.9 Å². The van der Waals surface area contributed by atoms with Gasteiger partial charge in [-0.1, -0.05) is 78.9 Å². The molecule has 1 fully saturated rings. The van der Waals surface area contributed by atoms with Crippen molar-refractivity contribution in [2.75, 3.05) is 23.8 Å². The highest BCUT2D eigenvalue weighted by Gasteiger charge is 2.22. The standard InChI is InChI=1S/C32H31N3O4/c36-31(33-22-27-17-10-20-38-27)28-21-26(35-32(37)34-25-15-8-3-9-16-25)18-19-29(28)39-30(23-11-4-1-5-12-23)24-13-6-2-7-14-24/h1-9,11-16,18-19,21,27,30H,10,17,20,22H2,(H,33,36)(H2,34,35,37). The summed E-state index contributed by atoms with van der Waals surface area (Å²) in [5.74, 6) is 0.110. The predicted octanol–water partition coefficient (Wildman–Crippen LogP) is 6.41. The Morgan fingerprint density at radius 1 is 0.795 bits per heavy atom. The van der Waals surface area contributed by atoms with Gasteiger partial charge in [-0.2, -0.15) is 0 Å². The van der Waals surface area contributed by atoms with Crippen LogP contribution in [0.15, 0.2) is 109 Å². The summed E-state index contributed by atoms with van der Waals surface area (Å²) >= 11 is 0. The van der Waals surface area contributed by atoms with E-state index < -0.39 is 12.1 Å². The largest absolute Gasteiger partial charge is 0.480 e. The molecule has 1 saturated heterocycles. The normalized spacial score (nSPS) is 14.5. The highest BCUT2D eigenvalue weighted by molar-refractivity contribution is 6.02. The molecule has 1 atom stereocenters. The van der Waals surface area contributed by atoms with Crippen molar-refractivity contribution in [2.24, 2.45) is 0 Å². The van der Waals surface area contributed by atoms with Gasteiger partial charge in [0.15, 0.2) is 0 Å². The van der Waals surface area contributed by atoms with Crippen LogP contribution in [0.5, 0.6) is 5.75 Å². The highest BCUT2D eigenvalue weighted by Crippen LogP contribution is 2.32. The molecule has 0 aromatic heterocycles. The number of benzene rings is 4. The van der Waals surface area contributed by atoms with Gasteiger partial charge in [-0.3, -0.25) is 4.79 Å². The van der Waals surface area contributed by atoms with Crippen LogP contribution in [0.1, 0.15) is 40.4 Å². The average Bonchev–Trinajstić information content (AvgIpc) is 3.50. The van der Waals surface area contributed by atoms with E-state index in [2.05, 4.69) is 16.0 Å². The molecule has 7 nitrogen and oxygen atoms in total. The van der Waals surface area contributed by atoms with Crippen molar-refractivity contribution < 1.29 is 19.1 Å². The summed E-state index contributed by atoms with van der Waals surface area (Å²) in [6.07, 6.45) is 1.46. The third kappa shape index (κ3) is 7.03. The SMILES string of the molecule is O=C(Nc1ccccc1)Nc1ccc(OC(c2ccccc2)c2ccccc2)c(C(=O)NCC2CCCO2)c1. The van der Waals surface area contributed by atoms with E-state index >= 15 is 0 Å². The Balaban J connectivity index is 1.42. The van der Waals surface area contributed by atoms with E-state index in [1.54, 1.807) is 30.3 Å². The summed E-state index contributed by atoms with van der Waals surface area (Å²) in [5.41, 5.74) is 3.37. The zero-order valence-electron chi connectivity index (χ0n) is 21.5. The second-order valence-electron chi connectivity index (χ2n) is 9.32. The molecule has 0 bridgehead atoms. The zero-order valence-corrected chi connectivity index (χ0v) is 21.5. The van der Waals surface area contributed by atoms with Crippen molar-refractivity contribution in [1.82, 2.24) is 5.32 Å². The van der Waals surface area contributed by atoms with E-state index in [9.17, 15) is 9.59 Å². The van der Waals surface area contributed by atoms with Crippen molar-refractivity contribution in [2.45, 2.75) is 25.0 Å². The van der Waals surface area contributed by atoms with Gasteiger partial charge in [-0.15, -0.1) is 0 Å². The molecule has 0 saturated carbocycles. The molecule has 198 valence electrons. The maximum absolute atomic E-state index is 13.4. The van der Waals surface area contributed by atoms with Gasteiger partial charge in [-0.25, -0.2) is 4.79 Å². The van der Waals surface area contributed by atoms with Gasteiger partial charge in [0.2, 0.25) is 0 Å². The molecular weight excluding hydrogens is 490 g/mol. The van der Waals surface area contributed by atoms with E-state index in [-0.39, 0.29) is 12.0 Å². The number of amides is 3. The van der Waals surface area contributed by atoms with Gasteiger partial charge >= 0.3 is 6.03 Å². The number of anilines is 2. The first-order chi connectivity index (χ1) is 19.2. The van der Waals surface area contributed by atoms with Gasteiger partial charge < -0.3 is 25.4 Å². The number of rotatable bonds is 9. The number of nitrogens with one attached hydrogen (secondary N) is 3. The fraction of sp³-hybridized carbons (Fsp3) is 0.188. The minimum absolute atomic E-state index is 0.00216. The van der Waals surface area contributed by atoms with Crippen LogP contribution in [0.2, 0.25) is 0 Å². The Bertz CT molecular complexity index is 1340. The third-order valence-corrected chi connectivity index (χ3v) is 6.48. The monoisotopic (exact) mass is 521 g/mol. The fourth-order valence-corrected chi connectivity index (χ4v) is 4.52. The second kappa shape index (κ2) is 12.8. The van der Waals surface area contributed by atoms with Crippen molar-refractivity contribution in [3.63, 3.8) is 0 Å². The summed E-state index contributed by atoms with van der Waals surface area (Å²) in [6, 6.07) is 33.6. The van der Waals surface area contributed by atoms with E-state index in [0.717, 1.165) is 24.0 Å². The van der Waals surface area contributed by atoms with Crippen LogP contribution in [0.3, 0.4) is 0 Å². The molecule has 4 aromatic rings. The minimum atomic E-state index is -0.433. The van der Waals surface area contributed by atoms with Crippen molar-refractivity contribution in [3.8, 4) is 5.75 Å². The number of hydrogen-bond acceptors (Lipinski definition) is 4. The number of urea groups is 1. The molecule has 0 aliphatic carbocycles. The summed E-state index contributed by atoms with van der Waals surface area (Å²) in [6.45, 7) is 1.12. The topological polar surface area (TPSA) is 88.7 Å². The van der Waals surface area contributed by atoms with Gasteiger partial charge in [-0.05, 0) is 54.3 Å². The number of carbonyl (C=O) groups excluding carboxylic acids is 2. The molecule has 5 rings (SSSR count). The lowest BCUT2D eigenvalue weighted by atomic mass is 10.0. The van der Waals surface area contributed by atoms with Crippen LogP contribution in [0.25, 0.3) is 0 Å². The van der Waals surface area contributed by atoms with Crippen LogP contribution in [-0.2, 0) is 4.74 Å². The predicted molar refractivity (Wildman–Crippen MR) is 152 cm³/mol. The van der Waals surface area contributed by atoms with Gasteiger partial charge in [0.25, 0.3) is 5.91 Å². The zero-order chi connectivity index (χ0) is 26.9. The molecule has 4 aromatic carbocycles. The Labute approximate surface area is 228 Å². The van der Waals surface area contributed by atoms with Crippen LogP contribution < -0.4 is 20.7 Å². The maximum atomic E-state index is 13.4. The molecule has 1 aliphatic heterocycles. The lowest BCUT2D eigenvalue weighted by molar-refractivity contribution is 0.0853. The lowest BCUT2D eigenvalue weighted by Gasteiger charge is -2.22. The molecule has 1 heterocycles. The van der Waals surface area contributed by atoms with E-state index in [0.29, 0.717) is 35.8 Å². The van der Waals surface area contributed by atoms with Gasteiger partial charge in [0, 0.05) is 24.5 Å². The van der Waals surface area contributed by atoms with Crippen molar-refractivity contribution >= 4 is 23.3 Å². The summed E-state index contributed by atoms with van der Waals surface area (Å²) < 4.78 is 12.2. The first kappa shape index (κ1) is 26.0. The van der Waals surface area contributed by atoms with Crippen molar-refractivity contribution in [3.05, 3.63) is 126 Å². The van der Waals surface area contributed by atoms with Crippen molar-refractivity contribution in [1.29, 1.82) is 0 Å². The quantitative estimate of drug-likeness (QED) is 0.238. The van der Waals surface area contributed by atoms with E-state index in [1.165, 1.54) is 0 Å². The van der Waals surface area contributed by atoms with E-state index in [4.69, 9.17) is 9.47 Å². The molecule has 3 N–H and O–H groups in total. The summed E-state index contributed by atoms with van der Waals surface area (Å²) in [7, 11) is 0. The smallest absolute Gasteiger partial charge is 0.323 e. The highest BCUT2D eigenvalue weighted by atomic mass is 16.5. The van der Waals surface area contributed by atoms with Crippen LogP contribution in [0.4, 0.5) is 16.2 Å². The van der Waals surface area contributed by atoms with Crippen LogP contribution in [-0.4, -0.2) is 31.2 Å².